The van der Waals surface area contributed by atoms with Gasteiger partial charge in [0.05, 0.1) is 18.8 Å². The van der Waals surface area contributed by atoms with Crippen LogP contribution in [0.2, 0.25) is 0 Å². The summed E-state index contributed by atoms with van der Waals surface area (Å²) in [6, 6.07) is 14.4. The van der Waals surface area contributed by atoms with Gasteiger partial charge in [0.15, 0.2) is 17.1 Å². The molecule has 0 spiro atoms. The first-order valence-corrected chi connectivity index (χ1v) is 12.2. The van der Waals surface area contributed by atoms with E-state index in [0.29, 0.717) is 41.3 Å². The topological polar surface area (TPSA) is 103 Å². The maximum absolute atomic E-state index is 13.2. The molecular formula is C25H24BrN3O5S. The van der Waals surface area contributed by atoms with Crippen molar-refractivity contribution in [2.45, 2.75) is 13.0 Å². The average molecular weight is 558 g/mol. The van der Waals surface area contributed by atoms with E-state index in [9.17, 15) is 14.9 Å². The molecule has 0 aliphatic heterocycles. The third kappa shape index (κ3) is 6.39. The van der Waals surface area contributed by atoms with E-state index in [1.165, 1.54) is 18.8 Å². The molecule has 0 unspecified atom stereocenters. The summed E-state index contributed by atoms with van der Waals surface area (Å²) in [6.45, 7) is 0.745. The minimum absolute atomic E-state index is 0.158. The Labute approximate surface area is 214 Å². The van der Waals surface area contributed by atoms with Crippen LogP contribution in [-0.4, -0.2) is 38.4 Å². The van der Waals surface area contributed by atoms with Crippen LogP contribution in [-0.2, 0) is 16.1 Å². The molecule has 3 rings (SSSR count). The van der Waals surface area contributed by atoms with Crippen LogP contribution in [0.15, 0.2) is 51.7 Å². The van der Waals surface area contributed by atoms with Crippen LogP contribution in [0.1, 0.15) is 12.0 Å². The van der Waals surface area contributed by atoms with Crippen molar-refractivity contribution in [3.05, 3.63) is 72.0 Å². The minimum atomic E-state index is -0.628. The zero-order valence-corrected chi connectivity index (χ0v) is 21.9. The van der Waals surface area contributed by atoms with Gasteiger partial charge in [0.1, 0.15) is 10.7 Å². The molecule has 10 heteroatoms. The van der Waals surface area contributed by atoms with Gasteiger partial charge in [-0.15, -0.1) is 11.3 Å². The molecule has 0 saturated heterocycles. The molecule has 0 radical (unpaired) electrons. The second-order valence-corrected chi connectivity index (χ2v) is 9.23. The predicted molar refractivity (Wildman–Crippen MR) is 139 cm³/mol. The van der Waals surface area contributed by atoms with E-state index in [1.54, 1.807) is 31.4 Å². The summed E-state index contributed by atoms with van der Waals surface area (Å²) in [5.41, 5.74) is 0.827. The number of nitriles is 1. The number of hydrogen-bond donors (Lipinski definition) is 1. The van der Waals surface area contributed by atoms with Crippen LogP contribution in [0.4, 0.5) is 5.69 Å². The second-order valence-electron chi connectivity index (χ2n) is 7.28. The second kappa shape index (κ2) is 12.4. The number of nitrogens with zero attached hydrogens (tertiary/aromatic N) is 2. The van der Waals surface area contributed by atoms with Crippen molar-refractivity contribution < 1.29 is 19.0 Å². The fourth-order valence-electron chi connectivity index (χ4n) is 3.29. The molecule has 0 aliphatic carbocycles. The number of ether oxygens (including phenoxy) is 3. The summed E-state index contributed by atoms with van der Waals surface area (Å²) in [6.07, 6.45) is 2.30. The van der Waals surface area contributed by atoms with E-state index >= 15 is 0 Å². The van der Waals surface area contributed by atoms with E-state index in [4.69, 9.17) is 14.2 Å². The van der Waals surface area contributed by atoms with E-state index in [2.05, 4.69) is 21.2 Å². The lowest BCUT2D eigenvalue weighted by atomic mass is 10.2. The first-order valence-electron chi connectivity index (χ1n) is 10.6. The quantitative estimate of drug-likeness (QED) is 0.406. The molecule has 0 atom stereocenters. The van der Waals surface area contributed by atoms with Crippen molar-refractivity contribution in [3.8, 4) is 17.6 Å². The molecule has 2 aromatic carbocycles. The van der Waals surface area contributed by atoms with Gasteiger partial charge in [-0.2, -0.15) is 5.26 Å². The SMILES string of the molecule is COCCCn1c(=O)/c(=C/c2ccc(Br)cc2)s/c1=C(\C#N)C(=O)Nc1ccc(OC)c(OC)c1. The fourth-order valence-corrected chi connectivity index (χ4v) is 4.68. The molecule has 1 N–H and O–H groups in total. The van der Waals surface area contributed by atoms with Gasteiger partial charge >= 0.3 is 0 Å². The molecular weight excluding hydrogens is 534 g/mol. The summed E-state index contributed by atoms with van der Waals surface area (Å²) in [4.78, 5) is 26.3. The Balaban J connectivity index is 2.10. The van der Waals surface area contributed by atoms with Crippen molar-refractivity contribution >= 4 is 50.5 Å². The summed E-state index contributed by atoms with van der Waals surface area (Å²) in [5.74, 6) is 0.313. The molecule has 0 saturated carbocycles. The number of carbonyl (C=O) groups excluding carboxylic acids is 1. The Morgan fingerprint density at radius 2 is 1.86 bits per heavy atom. The number of amides is 1. The molecule has 35 heavy (non-hydrogen) atoms. The third-order valence-corrected chi connectivity index (χ3v) is 6.66. The molecule has 0 bridgehead atoms. The first-order chi connectivity index (χ1) is 16.9. The number of rotatable bonds is 9. The normalized spacial score (nSPS) is 12.1. The van der Waals surface area contributed by atoms with Gasteiger partial charge in [-0.05, 0) is 42.3 Å². The van der Waals surface area contributed by atoms with Crippen LogP contribution in [0, 0.1) is 11.3 Å². The highest BCUT2D eigenvalue weighted by molar-refractivity contribution is 9.10. The Bertz CT molecular complexity index is 1420. The summed E-state index contributed by atoms with van der Waals surface area (Å²) in [7, 11) is 4.58. The Morgan fingerprint density at radius 1 is 1.14 bits per heavy atom. The Kier molecular flexibility index (Phi) is 9.25. The number of nitrogens with one attached hydrogen (secondary N) is 1. The number of carbonyl (C=O) groups is 1. The number of methoxy groups -OCH3 is 3. The van der Waals surface area contributed by atoms with Crippen molar-refractivity contribution in [2.24, 2.45) is 0 Å². The molecule has 8 nitrogen and oxygen atoms in total. The zero-order valence-electron chi connectivity index (χ0n) is 19.5. The lowest BCUT2D eigenvalue weighted by Crippen LogP contribution is -2.34. The zero-order chi connectivity index (χ0) is 25.4. The van der Waals surface area contributed by atoms with E-state index in [-0.39, 0.29) is 15.8 Å². The monoisotopic (exact) mass is 557 g/mol. The molecule has 1 aromatic heterocycles. The van der Waals surface area contributed by atoms with Crippen molar-refractivity contribution in [1.82, 2.24) is 4.57 Å². The smallest absolute Gasteiger partial charge is 0.269 e. The number of thiazole rings is 1. The average Bonchev–Trinajstić information content (AvgIpc) is 3.15. The standard InChI is InChI=1S/C25H24BrN3O5S/c1-32-12-4-11-29-24(31)22(13-16-5-7-17(26)8-6-16)35-25(29)19(15-27)23(30)28-18-9-10-20(33-2)21(14-18)34-3/h5-10,13-14H,4,11-12H2,1-3H3,(H,28,30)/b22-13-,25-19+. The lowest BCUT2D eigenvalue weighted by molar-refractivity contribution is -0.111. The third-order valence-electron chi connectivity index (χ3n) is 5.00. The maximum Gasteiger partial charge on any atom is 0.269 e. The summed E-state index contributed by atoms with van der Waals surface area (Å²) < 4.78 is 18.7. The van der Waals surface area contributed by atoms with Crippen LogP contribution in [0.3, 0.4) is 0 Å². The van der Waals surface area contributed by atoms with Crippen LogP contribution in [0.25, 0.3) is 11.6 Å². The van der Waals surface area contributed by atoms with Crippen molar-refractivity contribution in [2.75, 3.05) is 33.3 Å². The molecule has 1 amide bonds. The van der Waals surface area contributed by atoms with Crippen LogP contribution < -0.4 is 29.5 Å². The van der Waals surface area contributed by atoms with Gasteiger partial charge in [-0.25, -0.2) is 0 Å². The van der Waals surface area contributed by atoms with Crippen LogP contribution >= 0.6 is 27.3 Å². The molecule has 1 heterocycles. The number of hydrogen-bond acceptors (Lipinski definition) is 7. The fraction of sp³-hybridized carbons (Fsp3) is 0.240. The Morgan fingerprint density at radius 3 is 2.49 bits per heavy atom. The Hall–Kier alpha value is -3.39. The maximum atomic E-state index is 13.2. The molecule has 0 fully saturated rings. The van der Waals surface area contributed by atoms with Gasteiger partial charge in [-0.3, -0.25) is 14.2 Å². The molecule has 0 aliphatic rings. The van der Waals surface area contributed by atoms with Crippen molar-refractivity contribution in [1.29, 1.82) is 5.26 Å². The largest absolute Gasteiger partial charge is 0.493 e. The summed E-state index contributed by atoms with van der Waals surface area (Å²) >= 11 is 4.50. The van der Waals surface area contributed by atoms with E-state index in [1.807, 2.05) is 30.3 Å². The number of benzene rings is 2. The van der Waals surface area contributed by atoms with Crippen LogP contribution in [0.5, 0.6) is 11.5 Å². The number of halogens is 1. The number of aromatic nitrogens is 1. The predicted octanol–water partition coefficient (Wildman–Crippen LogP) is 2.87. The van der Waals surface area contributed by atoms with E-state index in [0.717, 1.165) is 21.4 Å². The van der Waals surface area contributed by atoms with Crippen molar-refractivity contribution in [3.63, 3.8) is 0 Å². The number of anilines is 1. The van der Waals surface area contributed by atoms with Gasteiger partial charge in [0, 0.05) is 36.5 Å². The highest BCUT2D eigenvalue weighted by atomic mass is 79.9. The van der Waals surface area contributed by atoms with E-state index < -0.39 is 5.91 Å². The molecule has 182 valence electrons. The highest BCUT2D eigenvalue weighted by Crippen LogP contribution is 2.29. The lowest BCUT2D eigenvalue weighted by Gasteiger charge is -2.10. The first kappa shape index (κ1) is 26.2. The van der Waals surface area contributed by atoms with Gasteiger partial charge in [0.25, 0.3) is 11.5 Å². The molecule has 3 aromatic rings. The summed E-state index contributed by atoms with van der Waals surface area (Å²) in [5, 5.41) is 12.6. The van der Waals surface area contributed by atoms with Gasteiger partial charge in [0.2, 0.25) is 0 Å². The highest BCUT2D eigenvalue weighted by Gasteiger charge is 2.17. The van der Waals surface area contributed by atoms with Gasteiger partial charge in [-0.1, -0.05) is 28.1 Å². The minimum Gasteiger partial charge on any atom is -0.493 e. The van der Waals surface area contributed by atoms with Gasteiger partial charge < -0.3 is 19.5 Å².